The van der Waals surface area contributed by atoms with Crippen molar-refractivity contribution in [3.05, 3.63) is 71.5 Å². The SMILES string of the molecule is C=CCN1C(=Nc2cccnc2)SC[C@]1(O)c1ccc(Br)cc1. The van der Waals surface area contributed by atoms with E-state index in [2.05, 4.69) is 32.5 Å². The van der Waals surface area contributed by atoms with Gasteiger partial charge in [0.1, 0.15) is 0 Å². The van der Waals surface area contributed by atoms with Crippen LogP contribution in [0.15, 0.2) is 70.9 Å². The Hall–Kier alpha value is -1.63. The van der Waals surface area contributed by atoms with E-state index in [0.717, 1.165) is 20.9 Å². The van der Waals surface area contributed by atoms with Crippen molar-refractivity contribution in [3.8, 4) is 0 Å². The Morgan fingerprint density at radius 3 is 2.83 bits per heavy atom. The van der Waals surface area contributed by atoms with Gasteiger partial charge in [0.2, 0.25) is 0 Å². The van der Waals surface area contributed by atoms with Gasteiger partial charge in [-0.05, 0) is 24.3 Å². The maximum atomic E-state index is 11.2. The van der Waals surface area contributed by atoms with Crippen LogP contribution in [0.1, 0.15) is 5.56 Å². The molecule has 0 aliphatic carbocycles. The van der Waals surface area contributed by atoms with Crippen molar-refractivity contribution in [2.45, 2.75) is 5.72 Å². The lowest BCUT2D eigenvalue weighted by molar-refractivity contribution is -0.0422. The third kappa shape index (κ3) is 3.34. The van der Waals surface area contributed by atoms with Crippen LogP contribution >= 0.6 is 27.7 Å². The Morgan fingerprint density at radius 1 is 1.39 bits per heavy atom. The zero-order valence-electron chi connectivity index (χ0n) is 12.4. The monoisotopic (exact) mass is 389 g/mol. The highest BCUT2D eigenvalue weighted by molar-refractivity contribution is 9.10. The highest BCUT2D eigenvalue weighted by Crippen LogP contribution is 2.40. The fourth-order valence-corrected chi connectivity index (χ4v) is 3.88. The van der Waals surface area contributed by atoms with E-state index >= 15 is 0 Å². The second-order valence-corrected chi connectivity index (χ2v) is 6.98. The predicted molar refractivity (Wildman–Crippen MR) is 98.7 cm³/mol. The molecule has 0 saturated carbocycles. The van der Waals surface area contributed by atoms with Crippen molar-refractivity contribution in [1.82, 2.24) is 9.88 Å². The molecule has 1 aromatic heterocycles. The molecule has 0 unspecified atom stereocenters. The summed E-state index contributed by atoms with van der Waals surface area (Å²) >= 11 is 4.96. The van der Waals surface area contributed by atoms with E-state index in [1.54, 1.807) is 18.5 Å². The molecule has 0 amide bonds. The molecule has 1 atom stereocenters. The lowest BCUT2D eigenvalue weighted by Gasteiger charge is -2.33. The van der Waals surface area contributed by atoms with Crippen LogP contribution in [-0.4, -0.2) is 32.5 Å². The minimum absolute atomic E-state index is 0.513. The minimum Gasteiger partial charge on any atom is -0.366 e. The van der Waals surface area contributed by atoms with Gasteiger partial charge in [-0.2, -0.15) is 0 Å². The molecule has 1 saturated heterocycles. The van der Waals surface area contributed by atoms with Gasteiger partial charge in [-0.15, -0.1) is 6.58 Å². The van der Waals surface area contributed by atoms with Crippen LogP contribution in [0.4, 0.5) is 5.69 Å². The molecule has 2 aromatic rings. The molecule has 1 fully saturated rings. The number of thioether (sulfide) groups is 1. The van der Waals surface area contributed by atoms with Gasteiger partial charge in [0.25, 0.3) is 0 Å². The molecule has 0 spiro atoms. The molecule has 3 rings (SSSR count). The van der Waals surface area contributed by atoms with Crippen LogP contribution in [0.25, 0.3) is 0 Å². The summed E-state index contributed by atoms with van der Waals surface area (Å²) in [4.78, 5) is 10.6. The molecular weight excluding hydrogens is 374 g/mol. The van der Waals surface area contributed by atoms with E-state index in [0.29, 0.717) is 12.3 Å². The lowest BCUT2D eigenvalue weighted by atomic mass is 10.0. The summed E-state index contributed by atoms with van der Waals surface area (Å²) in [7, 11) is 0. The van der Waals surface area contributed by atoms with E-state index < -0.39 is 5.72 Å². The summed E-state index contributed by atoms with van der Waals surface area (Å²) < 4.78 is 0.982. The number of aliphatic hydroxyl groups is 1. The van der Waals surface area contributed by atoms with Crippen molar-refractivity contribution in [3.63, 3.8) is 0 Å². The molecule has 4 nitrogen and oxygen atoms in total. The Morgan fingerprint density at radius 2 is 2.17 bits per heavy atom. The molecule has 6 heteroatoms. The highest BCUT2D eigenvalue weighted by atomic mass is 79.9. The minimum atomic E-state index is -1.10. The van der Waals surface area contributed by atoms with Crippen LogP contribution in [-0.2, 0) is 5.72 Å². The van der Waals surface area contributed by atoms with Gasteiger partial charge in [0.15, 0.2) is 10.9 Å². The molecule has 1 N–H and O–H groups in total. The molecule has 118 valence electrons. The Balaban J connectivity index is 1.97. The third-order valence-corrected chi connectivity index (χ3v) is 5.21. The predicted octanol–water partition coefficient (Wildman–Crippen LogP) is 3.91. The number of rotatable bonds is 4. The Kier molecular flexibility index (Phi) is 4.84. The van der Waals surface area contributed by atoms with Gasteiger partial charge in [-0.25, -0.2) is 4.99 Å². The third-order valence-electron chi connectivity index (χ3n) is 3.57. The summed E-state index contributed by atoms with van der Waals surface area (Å²) in [6.45, 7) is 4.31. The smallest absolute Gasteiger partial charge is 0.175 e. The summed E-state index contributed by atoms with van der Waals surface area (Å²) in [6, 6.07) is 11.4. The fraction of sp³-hybridized carbons (Fsp3) is 0.176. The summed E-state index contributed by atoms with van der Waals surface area (Å²) in [6.07, 6.45) is 5.19. The van der Waals surface area contributed by atoms with Gasteiger partial charge >= 0.3 is 0 Å². The first kappa shape index (κ1) is 16.2. The molecule has 1 aliphatic rings. The quantitative estimate of drug-likeness (QED) is 0.805. The van der Waals surface area contributed by atoms with Crippen LogP contribution in [0.5, 0.6) is 0 Å². The first-order valence-corrected chi connectivity index (χ1v) is 8.90. The number of pyridine rings is 1. The van der Waals surface area contributed by atoms with Gasteiger partial charge < -0.3 is 10.0 Å². The second kappa shape index (κ2) is 6.86. The lowest BCUT2D eigenvalue weighted by Crippen LogP contribution is -2.45. The molecule has 0 radical (unpaired) electrons. The van der Waals surface area contributed by atoms with Crippen LogP contribution in [0, 0.1) is 0 Å². The standard InChI is InChI=1S/C17H16BrN3OS/c1-2-10-21-16(20-15-4-3-9-19-11-15)23-12-17(21,22)13-5-7-14(18)8-6-13/h2-9,11,22H,1,10,12H2/t17-/m0/s1. The van der Waals surface area contributed by atoms with Crippen LogP contribution in [0.2, 0.25) is 0 Å². The first-order chi connectivity index (χ1) is 11.1. The van der Waals surface area contributed by atoms with Crippen molar-refractivity contribution < 1.29 is 5.11 Å². The van der Waals surface area contributed by atoms with Gasteiger partial charge in [0.05, 0.1) is 17.6 Å². The maximum Gasteiger partial charge on any atom is 0.175 e. The number of aromatic nitrogens is 1. The van der Waals surface area contributed by atoms with Crippen LogP contribution in [0.3, 0.4) is 0 Å². The highest BCUT2D eigenvalue weighted by Gasteiger charge is 2.44. The second-order valence-electron chi connectivity index (χ2n) is 5.12. The van der Waals surface area contributed by atoms with Crippen molar-refractivity contribution in [1.29, 1.82) is 0 Å². The summed E-state index contributed by atoms with van der Waals surface area (Å²) in [5, 5.41) is 12.0. The number of nitrogens with zero attached hydrogens (tertiary/aromatic N) is 3. The molecule has 1 aliphatic heterocycles. The van der Waals surface area contributed by atoms with E-state index in [1.165, 1.54) is 11.8 Å². The van der Waals surface area contributed by atoms with E-state index in [-0.39, 0.29) is 0 Å². The van der Waals surface area contributed by atoms with Gasteiger partial charge in [0, 0.05) is 22.8 Å². The maximum absolute atomic E-state index is 11.2. The number of hydrogen-bond donors (Lipinski definition) is 1. The van der Waals surface area contributed by atoms with Crippen molar-refractivity contribution >= 4 is 38.5 Å². The number of amidine groups is 1. The van der Waals surface area contributed by atoms with Gasteiger partial charge in [-0.1, -0.05) is 45.9 Å². The number of hydrogen-bond acceptors (Lipinski definition) is 4. The van der Waals surface area contributed by atoms with Crippen molar-refractivity contribution in [2.24, 2.45) is 4.99 Å². The number of benzene rings is 1. The number of halogens is 1. The average Bonchev–Trinajstić information content (AvgIpc) is 2.87. The van der Waals surface area contributed by atoms with Crippen molar-refractivity contribution in [2.75, 3.05) is 12.3 Å². The average molecular weight is 390 g/mol. The number of aliphatic imine (C=N–C) groups is 1. The zero-order chi connectivity index (χ0) is 16.3. The zero-order valence-corrected chi connectivity index (χ0v) is 14.8. The molecule has 2 heterocycles. The fourth-order valence-electron chi connectivity index (χ4n) is 2.42. The van der Waals surface area contributed by atoms with E-state index in [1.807, 2.05) is 41.3 Å². The van der Waals surface area contributed by atoms with Gasteiger partial charge in [-0.3, -0.25) is 4.98 Å². The van der Waals surface area contributed by atoms with E-state index in [9.17, 15) is 5.11 Å². The first-order valence-electron chi connectivity index (χ1n) is 7.12. The topological polar surface area (TPSA) is 48.7 Å². The molecule has 23 heavy (non-hydrogen) atoms. The largest absolute Gasteiger partial charge is 0.366 e. The Bertz CT molecular complexity index is 720. The normalized spacial score (nSPS) is 22.5. The van der Waals surface area contributed by atoms with Crippen LogP contribution < -0.4 is 0 Å². The molecule has 0 bridgehead atoms. The molecule has 1 aromatic carbocycles. The molecular formula is C17H16BrN3OS. The Labute approximate surface area is 148 Å². The van der Waals surface area contributed by atoms with E-state index in [4.69, 9.17) is 0 Å². The summed E-state index contributed by atoms with van der Waals surface area (Å²) in [5.74, 6) is 0.515. The summed E-state index contributed by atoms with van der Waals surface area (Å²) in [5.41, 5.74) is 0.510.